The number of rotatable bonds is 4. The van der Waals surface area contributed by atoms with E-state index in [0.717, 1.165) is 45.3 Å². The maximum Gasteiger partial charge on any atom is 0.327 e. The van der Waals surface area contributed by atoms with E-state index in [1.807, 2.05) is 24.3 Å². The van der Waals surface area contributed by atoms with Gasteiger partial charge in [-0.2, -0.15) is 0 Å². The van der Waals surface area contributed by atoms with Crippen molar-refractivity contribution >= 4 is 28.5 Å². The Bertz CT molecular complexity index is 1420. The van der Waals surface area contributed by atoms with Gasteiger partial charge >= 0.3 is 5.97 Å². The SMILES string of the molecule is O=C(O)C1CSc2c(C3CC3)c(-c3cc(-c4ccc5ccccc5c4)no3)cc(=O)n21. The molecule has 1 fully saturated rings. The average Bonchev–Trinajstić information content (AvgIpc) is 3.31. The van der Waals surface area contributed by atoms with E-state index in [-0.39, 0.29) is 5.56 Å². The Morgan fingerprint density at radius 1 is 1.10 bits per heavy atom. The second kappa shape index (κ2) is 6.85. The number of benzene rings is 2. The lowest BCUT2D eigenvalue weighted by atomic mass is 10.0. The fourth-order valence-corrected chi connectivity index (χ4v) is 5.73. The van der Waals surface area contributed by atoms with E-state index in [1.54, 1.807) is 0 Å². The second-order valence-electron chi connectivity index (χ2n) is 8.06. The summed E-state index contributed by atoms with van der Waals surface area (Å²) in [7, 11) is 0. The van der Waals surface area contributed by atoms with Crippen LogP contribution in [0.1, 0.15) is 30.4 Å². The largest absolute Gasteiger partial charge is 0.480 e. The Hall–Kier alpha value is -3.32. The minimum Gasteiger partial charge on any atom is -0.480 e. The van der Waals surface area contributed by atoms with Crippen molar-refractivity contribution in [3.8, 4) is 22.6 Å². The van der Waals surface area contributed by atoms with E-state index in [1.165, 1.54) is 22.4 Å². The maximum atomic E-state index is 12.9. The number of carboxylic acids is 1. The molecular formula is C24H18N2O4S. The molecule has 0 saturated heterocycles. The standard InChI is InChI=1S/C24H18N2O4S/c27-21-10-17(22(14-6-7-14)23-26(21)19(12-31-23)24(28)29)20-11-18(25-30-20)16-8-5-13-3-1-2-4-15(13)9-16/h1-5,8-11,14,19H,6-7,12H2,(H,28,29). The number of fused-ring (bicyclic) bond motifs is 2. The van der Waals surface area contributed by atoms with Crippen molar-refractivity contribution in [3.63, 3.8) is 0 Å². The van der Waals surface area contributed by atoms with Gasteiger partial charge in [-0.3, -0.25) is 9.36 Å². The Morgan fingerprint density at radius 3 is 2.68 bits per heavy atom. The van der Waals surface area contributed by atoms with Gasteiger partial charge in [0.2, 0.25) is 0 Å². The molecule has 1 saturated carbocycles. The Kier molecular flexibility index (Phi) is 4.08. The van der Waals surface area contributed by atoms with Crippen molar-refractivity contribution in [3.05, 3.63) is 70.5 Å². The van der Waals surface area contributed by atoms with Crippen LogP contribution in [-0.2, 0) is 4.79 Å². The molecule has 1 atom stereocenters. The van der Waals surface area contributed by atoms with E-state index < -0.39 is 12.0 Å². The molecule has 0 spiro atoms. The van der Waals surface area contributed by atoms with Gasteiger partial charge in [0.25, 0.3) is 5.56 Å². The average molecular weight is 430 g/mol. The smallest absolute Gasteiger partial charge is 0.327 e. The van der Waals surface area contributed by atoms with E-state index >= 15 is 0 Å². The summed E-state index contributed by atoms with van der Waals surface area (Å²) < 4.78 is 7.14. The minimum atomic E-state index is -0.971. The highest BCUT2D eigenvalue weighted by molar-refractivity contribution is 7.99. The zero-order valence-electron chi connectivity index (χ0n) is 16.4. The summed E-state index contributed by atoms with van der Waals surface area (Å²) in [6, 6.07) is 16.8. The minimum absolute atomic E-state index is 0.310. The summed E-state index contributed by atoms with van der Waals surface area (Å²) in [6.07, 6.45) is 2.06. The molecule has 7 heteroatoms. The summed E-state index contributed by atoms with van der Waals surface area (Å²) in [6.45, 7) is 0. The van der Waals surface area contributed by atoms with Crippen LogP contribution in [0.25, 0.3) is 33.4 Å². The maximum absolute atomic E-state index is 12.9. The van der Waals surface area contributed by atoms with Crippen LogP contribution in [0.3, 0.4) is 0 Å². The molecule has 2 aromatic carbocycles. The van der Waals surface area contributed by atoms with Crippen molar-refractivity contribution in [1.82, 2.24) is 9.72 Å². The number of nitrogens with zero attached hydrogens (tertiary/aromatic N) is 2. The zero-order valence-corrected chi connectivity index (χ0v) is 17.3. The second-order valence-corrected chi connectivity index (χ2v) is 9.07. The molecule has 0 amide bonds. The molecule has 6 rings (SSSR count). The highest BCUT2D eigenvalue weighted by Crippen LogP contribution is 2.50. The predicted octanol–water partition coefficient (Wildman–Crippen LogP) is 4.93. The van der Waals surface area contributed by atoms with Gasteiger partial charge in [0.05, 0.1) is 5.03 Å². The van der Waals surface area contributed by atoms with Crippen molar-refractivity contribution in [2.24, 2.45) is 0 Å². The first kappa shape index (κ1) is 18.4. The molecule has 0 radical (unpaired) electrons. The molecule has 4 aromatic rings. The van der Waals surface area contributed by atoms with Crippen LogP contribution in [0.2, 0.25) is 0 Å². The summed E-state index contributed by atoms with van der Waals surface area (Å²) in [5.74, 6) is 0.268. The first-order valence-corrected chi connectivity index (χ1v) is 11.2. The van der Waals surface area contributed by atoms with Crippen LogP contribution in [0.5, 0.6) is 0 Å². The number of aliphatic carboxylic acids is 1. The summed E-state index contributed by atoms with van der Waals surface area (Å²) in [4.78, 5) is 24.5. The Morgan fingerprint density at radius 2 is 1.90 bits per heavy atom. The lowest BCUT2D eigenvalue weighted by Crippen LogP contribution is -2.29. The van der Waals surface area contributed by atoms with Crippen LogP contribution in [0.4, 0.5) is 0 Å². The Labute approximate surface area is 181 Å². The van der Waals surface area contributed by atoms with Crippen molar-refractivity contribution < 1.29 is 14.4 Å². The third kappa shape index (κ3) is 2.99. The van der Waals surface area contributed by atoms with E-state index in [0.29, 0.717) is 23.1 Å². The van der Waals surface area contributed by atoms with Gasteiger partial charge in [-0.1, -0.05) is 41.6 Å². The van der Waals surface area contributed by atoms with Crippen molar-refractivity contribution in [1.29, 1.82) is 0 Å². The third-order valence-electron chi connectivity index (χ3n) is 6.03. The molecule has 6 nitrogen and oxygen atoms in total. The molecule has 1 unspecified atom stereocenters. The van der Waals surface area contributed by atoms with Crippen molar-refractivity contribution in [2.75, 3.05) is 5.75 Å². The Balaban J connectivity index is 1.47. The number of aromatic nitrogens is 2. The van der Waals surface area contributed by atoms with E-state index in [4.69, 9.17) is 4.52 Å². The van der Waals surface area contributed by atoms with Crippen molar-refractivity contribution in [2.45, 2.75) is 29.8 Å². The van der Waals surface area contributed by atoms with Gasteiger partial charge in [0.1, 0.15) is 11.7 Å². The number of carbonyl (C=O) groups is 1. The molecule has 2 aliphatic rings. The monoisotopic (exact) mass is 430 g/mol. The van der Waals surface area contributed by atoms with Crippen LogP contribution in [-0.4, -0.2) is 26.6 Å². The fourth-order valence-electron chi connectivity index (χ4n) is 4.33. The summed E-state index contributed by atoms with van der Waals surface area (Å²) >= 11 is 1.45. The topological polar surface area (TPSA) is 85.3 Å². The summed E-state index contributed by atoms with van der Waals surface area (Å²) in [5.41, 5.74) is 3.10. The van der Waals surface area contributed by atoms with Crippen LogP contribution in [0, 0.1) is 0 Å². The number of hydrogen-bond acceptors (Lipinski definition) is 5. The highest BCUT2D eigenvalue weighted by atomic mass is 32.2. The normalized spacial score (nSPS) is 17.7. The van der Waals surface area contributed by atoms with Gasteiger partial charge in [-0.15, -0.1) is 11.8 Å². The fraction of sp³-hybridized carbons (Fsp3) is 0.208. The summed E-state index contributed by atoms with van der Waals surface area (Å²) in [5, 5.41) is 16.8. The lowest BCUT2D eigenvalue weighted by Gasteiger charge is -2.14. The van der Waals surface area contributed by atoms with Gasteiger partial charge < -0.3 is 9.63 Å². The molecule has 154 valence electrons. The van der Waals surface area contributed by atoms with Gasteiger partial charge in [0, 0.05) is 29.0 Å². The van der Waals surface area contributed by atoms with E-state index in [2.05, 4.69) is 29.4 Å². The molecule has 3 heterocycles. The highest BCUT2D eigenvalue weighted by Gasteiger charge is 2.38. The van der Waals surface area contributed by atoms with Gasteiger partial charge in [0.15, 0.2) is 5.76 Å². The molecule has 1 N–H and O–H groups in total. The number of hydrogen-bond donors (Lipinski definition) is 1. The lowest BCUT2D eigenvalue weighted by molar-refractivity contribution is -0.140. The van der Waals surface area contributed by atoms with E-state index in [9.17, 15) is 14.7 Å². The van der Waals surface area contributed by atoms with Crippen LogP contribution < -0.4 is 5.56 Å². The molecule has 2 aromatic heterocycles. The molecule has 0 bridgehead atoms. The van der Waals surface area contributed by atoms with Crippen LogP contribution in [0.15, 0.2) is 68.9 Å². The number of pyridine rings is 1. The number of carboxylic acid groups (broad SMARTS) is 1. The quantitative estimate of drug-likeness (QED) is 0.494. The molecule has 31 heavy (non-hydrogen) atoms. The predicted molar refractivity (Wildman–Crippen MR) is 119 cm³/mol. The van der Waals surface area contributed by atoms with Crippen LogP contribution >= 0.6 is 11.8 Å². The molecule has 1 aliphatic heterocycles. The zero-order chi connectivity index (χ0) is 21.1. The first-order valence-electron chi connectivity index (χ1n) is 10.2. The first-order chi connectivity index (χ1) is 15.1. The van der Waals surface area contributed by atoms with Gasteiger partial charge in [-0.25, -0.2) is 4.79 Å². The van der Waals surface area contributed by atoms with Gasteiger partial charge in [-0.05, 0) is 41.2 Å². The number of thioether (sulfide) groups is 1. The molecular weight excluding hydrogens is 412 g/mol. The molecule has 1 aliphatic carbocycles. The third-order valence-corrected chi connectivity index (χ3v) is 7.20.